The lowest BCUT2D eigenvalue weighted by Crippen LogP contribution is -2.15. The molecule has 3 rings (SSSR count). The topological polar surface area (TPSA) is 125 Å². The highest BCUT2D eigenvalue weighted by atomic mass is 35.5. The van der Waals surface area contributed by atoms with Crippen LogP contribution in [-0.4, -0.2) is 43.4 Å². The SMILES string of the molecule is CCOc1ccc(NC(=O)CSc2nnnn2-c2ccc(Cl)cc2)c([N+](=O)[O-])c1. The predicted octanol–water partition coefficient (Wildman–Crippen LogP) is 3.35. The van der Waals surface area contributed by atoms with Crippen LogP contribution in [-0.2, 0) is 4.79 Å². The number of carbonyl (C=O) groups excluding carboxylic acids is 1. The minimum absolute atomic E-state index is 0.0433. The van der Waals surface area contributed by atoms with Gasteiger partial charge >= 0.3 is 0 Å². The molecule has 0 saturated heterocycles. The van der Waals surface area contributed by atoms with Gasteiger partial charge in [-0.15, -0.1) is 5.10 Å². The minimum Gasteiger partial charge on any atom is -0.494 e. The molecule has 0 aliphatic heterocycles. The van der Waals surface area contributed by atoms with Crippen molar-refractivity contribution in [3.05, 3.63) is 57.6 Å². The predicted molar refractivity (Wildman–Crippen MR) is 108 cm³/mol. The van der Waals surface area contributed by atoms with Crippen molar-refractivity contribution in [2.75, 3.05) is 17.7 Å². The number of benzene rings is 2. The van der Waals surface area contributed by atoms with E-state index in [0.29, 0.717) is 28.2 Å². The lowest BCUT2D eigenvalue weighted by molar-refractivity contribution is -0.384. The summed E-state index contributed by atoms with van der Waals surface area (Å²) in [6.45, 7) is 2.15. The van der Waals surface area contributed by atoms with Gasteiger partial charge in [0.2, 0.25) is 11.1 Å². The summed E-state index contributed by atoms with van der Waals surface area (Å²) in [5.41, 5.74) is 0.520. The van der Waals surface area contributed by atoms with Crippen molar-refractivity contribution in [1.29, 1.82) is 0 Å². The standard InChI is InChI=1S/C17H15ClN6O4S/c1-2-28-13-7-8-14(15(9-13)24(26)27)19-16(25)10-29-17-20-21-22-23(17)12-5-3-11(18)4-6-12/h3-9H,2,10H2,1H3,(H,19,25). The summed E-state index contributed by atoms with van der Waals surface area (Å²) >= 11 is 6.97. The number of nitrogens with zero attached hydrogens (tertiary/aromatic N) is 5. The van der Waals surface area contributed by atoms with Crippen LogP contribution in [0.2, 0.25) is 5.02 Å². The molecule has 1 N–H and O–H groups in total. The fourth-order valence-corrected chi connectivity index (χ4v) is 3.17. The smallest absolute Gasteiger partial charge is 0.296 e. The number of carbonyl (C=O) groups is 1. The Labute approximate surface area is 174 Å². The molecule has 3 aromatic rings. The molecular weight excluding hydrogens is 420 g/mol. The average molecular weight is 435 g/mol. The molecule has 2 aromatic carbocycles. The number of nitro benzene ring substituents is 1. The van der Waals surface area contributed by atoms with Crippen molar-refractivity contribution in [2.24, 2.45) is 0 Å². The minimum atomic E-state index is -0.577. The van der Waals surface area contributed by atoms with Gasteiger partial charge in [0, 0.05) is 5.02 Å². The van der Waals surface area contributed by atoms with Gasteiger partial charge < -0.3 is 10.1 Å². The van der Waals surface area contributed by atoms with E-state index in [9.17, 15) is 14.9 Å². The quantitative estimate of drug-likeness (QED) is 0.325. The molecule has 1 amide bonds. The van der Waals surface area contributed by atoms with Gasteiger partial charge in [-0.3, -0.25) is 14.9 Å². The second-order valence-corrected chi connectivity index (χ2v) is 6.93. The third-order valence-corrected chi connectivity index (χ3v) is 4.77. The zero-order chi connectivity index (χ0) is 20.8. The molecule has 12 heteroatoms. The van der Waals surface area contributed by atoms with E-state index < -0.39 is 10.8 Å². The number of tetrazole rings is 1. The lowest BCUT2D eigenvalue weighted by Gasteiger charge is -2.08. The molecule has 0 bridgehead atoms. The number of ether oxygens (including phenoxy) is 1. The second-order valence-electron chi connectivity index (χ2n) is 5.56. The molecule has 0 fully saturated rings. The van der Waals surface area contributed by atoms with Crippen LogP contribution in [0.5, 0.6) is 5.75 Å². The van der Waals surface area contributed by atoms with Crippen molar-refractivity contribution >= 4 is 40.6 Å². The van der Waals surface area contributed by atoms with Gasteiger partial charge in [0.15, 0.2) is 0 Å². The number of rotatable bonds is 8. The third kappa shape index (κ3) is 5.21. The van der Waals surface area contributed by atoms with Gasteiger partial charge in [0.25, 0.3) is 5.69 Å². The first-order valence-electron chi connectivity index (χ1n) is 8.36. The number of nitrogens with one attached hydrogen (secondary N) is 1. The molecular formula is C17H15ClN6O4S. The van der Waals surface area contributed by atoms with Crippen molar-refractivity contribution in [1.82, 2.24) is 20.2 Å². The highest BCUT2D eigenvalue weighted by molar-refractivity contribution is 7.99. The summed E-state index contributed by atoms with van der Waals surface area (Å²) in [7, 11) is 0. The maximum Gasteiger partial charge on any atom is 0.296 e. The lowest BCUT2D eigenvalue weighted by atomic mass is 10.2. The molecule has 150 valence electrons. The fraction of sp³-hybridized carbons (Fsp3) is 0.176. The first kappa shape index (κ1) is 20.6. The molecule has 0 saturated carbocycles. The van der Waals surface area contributed by atoms with Crippen LogP contribution in [0, 0.1) is 10.1 Å². The zero-order valence-electron chi connectivity index (χ0n) is 15.1. The highest BCUT2D eigenvalue weighted by Crippen LogP contribution is 2.29. The first-order valence-corrected chi connectivity index (χ1v) is 9.72. The van der Waals surface area contributed by atoms with Gasteiger partial charge in [-0.2, -0.15) is 4.68 Å². The Bertz CT molecular complexity index is 1030. The zero-order valence-corrected chi connectivity index (χ0v) is 16.7. The monoisotopic (exact) mass is 434 g/mol. The number of anilines is 1. The number of amides is 1. The van der Waals surface area contributed by atoms with Crippen LogP contribution in [0.3, 0.4) is 0 Å². The largest absolute Gasteiger partial charge is 0.494 e. The van der Waals surface area contributed by atoms with Crippen molar-refractivity contribution in [3.8, 4) is 11.4 Å². The Morgan fingerprint density at radius 2 is 2.07 bits per heavy atom. The molecule has 0 radical (unpaired) electrons. The first-order chi connectivity index (χ1) is 14.0. The summed E-state index contributed by atoms with van der Waals surface area (Å²) < 4.78 is 6.73. The number of nitro groups is 1. The Kier molecular flexibility index (Phi) is 6.62. The van der Waals surface area contributed by atoms with Crippen molar-refractivity contribution in [2.45, 2.75) is 12.1 Å². The molecule has 10 nitrogen and oxygen atoms in total. The molecule has 0 spiro atoms. The highest BCUT2D eigenvalue weighted by Gasteiger charge is 2.18. The molecule has 0 unspecified atom stereocenters. The van der Waals surface area contributed by atoms with E-state index in [0.717, 1.165) is 11.8 Å². The van der Waals surface area contributed by atoms with Crippen LogP contribution >= 0.6 is 23.4 Å². The van der Waals surface area contributed by atoms with Crippen LogP contribution in [0.15, 0.2) is 47.6 Å². The van der Waals surface area contributed by atoms with E-state index in [4.69, 9.17) is 16.3 Å². The average Bonchev–Trinajstić information content (AvgIpc) is 3.17. The maximum absolute atomic E-state index is 12.3. The van der Waals surface area contributed by atoms with E-state index >= 15 is 0 Å². The summed E-state index contributed by atoms with van der Waals surface area (Å²) in [6.07, 6.45) is 0. The number of thioether (sulfide) groups is 1. The van der Waals surface area contributed by atoms with Crippen LogP contribution in [0.4, 0.5) is 11.4 Å². The molecule has 0 aliphatic rings. The Hall–Kier alpha value is -3.18. The Morgan fingerprint density at radius 1 is 1.31 bits per heavy atom. The maximum atomic E-state index is 12.3. The van der Waals surface area contributed by atoms with Gasteiger partial charge in [-0.1, -0.05) is 23.4 Å². The fourth-order valence-electron chi connectivity index (χ4n) is 2.35. The Balaban J connectivity index is 1.68. The second kappa shape index (κ2) is 9.34. The van der Waals surface area contributed by atoms with Gasteiger partial charge in [0.05, 0.1) is 29.0 Å². The van der Waals surface area contributed by atoms with E-state index in [1.54, 1.807) is 37.3 Å². The number of hydrogen-bond donors (Lipinski definition) is 1. The Morgan fingerprint density at radius 3 is 2.76 bits per heavy atom. The normalized spacial score (nSPS) is 10.6. The van der Waals surface area contributed by atoms with Crippen LogP contribution < -0.4 is 10.1 Å². The summed E-state index contributed by atoms with van der Waals surface area (Å²) in [5, 5.41) is 26.2. The molecule has 1 aromatic heterocycles. The number of aromatic nitrogens is 4. The molecule has 0 atom stereocenters. The third-order valence-electron chi connectivity index (χ3n) is 3.60. The van der Waals surface area contributed by atoms with Gasteiger partial charge in [-0.05, 0) is 53.7 Å². The van der Waals surface area contributed by atoms with Crippen molar-refractivity contribution < 1.29 is 14.5 Å². The van der Waals surface area contributed by atoms with E-state index in [-0.39, 0.29) is 17.1 Å². The van der Waals surface area contributed by atoms with Gasteiger partial charge in [0.1, 0.15) is 11.4 Å². The van der Waals surface area contributed by atoms with Crippen molar-refractivity contribution in [3.63, 3.8) is 0 Å². The van der Waals surface area contributed by atoms with E-state index in [2.05, 4.69) is 20.8 Å². The summed E-state index contributed by atoms with van der Waals surface area (Å²) in [6, 6.07) is 11.1. The summed E-state index contributed by atoms with van der Waals surface area (Å²) in [5.74, 6) is -0.125. The van der Waals surface area contributed by atoms with Gasteiger partial charge in [-0.25, -0.2) is 0 Å². The van der Waals surface area contributed by atoms with Crippen LogP contribution in [0.1, 0.15) is 6.92 Å². The summed E-state index contributed by atoms with van der Waals surface area (Å²) in [4.78, 5) is 23.0. The number of halogens is 1. The van der Waals surface area contributed by atoms with E-state index in [1.165, 1.54) is 16.8 Å². The molecule has 0 aliphatic carbocycles. The number of hydrogen-bond acceptors (Lipinski definition) is 8. The molecule has 29 heavy (non-hydrogen) atoms. The van der Waals surface area contributed by atoms with Crippen LogP contribution in [0.25, 0.3) is 5.69 Å². The van der Waals surface area contributed by atoms with E-state index in [1.807, 2.05) is 0 Å². The molecule has 1 heterocycles.